The first-order chi connectivity index (χ1) is 7.68. The van der Waals surface area contributed by atoms with Crippen molar-refractivity contribution in [3.63, 3.8) is 0 Å². The molecule has 3 heteroatoms. The Morgan fingerprint density at radius 2 is 1.78 bits per heavy atom. The molecule has 2 rings (SSSR count). The average molecular weight is 361 g/mol. The van der Waals surface area contributed by atoms with Gasteiger partial charge in [0.25, 0.3) is 0 Å². The van der Waals surface area contributed by atoms with Crippen LogP contribution >= 0.6 is 24.8 Å². The van der Waals surface area contributed by atoms with Crippen LogP contribution in [0.15, 0.2) is 51.3 Å². The molecular formula is C15H19Cl2Zr. The van der Waals surface area contributed by atoms with Gasteiger partial charge < -0.3 is 0 Å². The van der Waals surface area contributed by atoms with Crippen LogP contribution in [0.3, 0.4) is 0 Å². The minimum Gasteiger partial charge on any atom is -0.147 e. The Balaban J connectivity index is 0.00000144. The van der Waals surface area contributed by atoms with Crippen LogP contribution < -0.4 is 0 Å². The zero-order valence-corrected chi connectivity index (χ0v) is 14.9. The summed E-state index contributed by atoms with van der Waals surface area (Å²) >= 11 is 1.57. The van der Waals surface area contributed by atoms with Gasteiger partial charge in [-0.2, -0.15) is 0 Å². The second-order valence-electron chi connectivity index (χ2n) is 4.55. The summed E-state index contributed by atoms with van der Waals surface area (Å²) in [5, 5.41) is 0. The van der Waals surface area contributed by atoms with Crippen molar-refractivity contribution in [2.24, 2.45) is 0 Å². The Labute approximate surface area is 138 Å². The van der Waals surface area contributed by atoms with E-state index in [1.165, 1.54) is 5.56 Å². The van der Waals surface area contributed by atoms with E-state index < -0.39 is 0 Å². The molecular weight excluding hydrogens is 342 g/mol. The number of halogens is 2. The van der Waals surface area contributed by atoms with Crippen molar-refractivity contribution in [3.8, 4) is 0 Å². The third-order valence-corrected chi connectivity index (χ3v) is 4.81. The molecule has 0 bridgehead atoms. The van der Waals surface area contributed by atoms with Crippen molar-refractivity contribution in [1.82, 2.24) is 0 Å². The minimum atomic E-state index is 0. The fourth-order valence-electron chi connectivity index (χ4n) is 2.38. The summed E-state index contributed by atoms with van der Waals surface area (Å²) in [6.07, 6.45) is 6.96. The van der Waals surface area contributed by atoms with Gasteiger partial charge in [0, 0.05) is 0 Å². The number of allylic oxidation sites excluding steroid dienone is 4. The second kappa shape index (κ2) is 7.68. The molecule has 0 heterocycles. The maximum atomic E-state index is 2.37. The van der Waals surface area contributed by atoms with Gasteiger partial charge in [0.05, 0.1) is 0 Å². The SMILES string of the molecule is CCC(C)(C1=[C]([Zr])CC=C1)c1ccccc1.Cl.Cl. The molecule has 0 spiro atoms. The molecule has 18 heavy (non-hydrogen) atoms. The normalized spacial score (nSPS) is 16.7. The summed E-state index contributed by atoms with van der Waals surface area (Å²) < 4.78 is 1.61. The molecule has 0 aromatic heterocycles. The van der Waals surface area contributed by atoms with Gasteiger partial charge in [0.1, 0.15) is 0 Å². The Bertz CT molecular complexity index is 437. The van der Waals surface area contributed by atoms with Crippen molar-refractivity contribution < 1.29 is 24.7 Å². The standard InChI is InChI=1S/C15H17.2ClH.Zr/c1-3-15(2,14-11-7-8-12-14)13-9-5-4-6-10-13;;;/h4-7,9-11H,3,8H2,1-2H3;2*1H;. The van der Waals surface area contributed by atoms with Gasteiger partial charge in [-0.15, -0.1) is 24.8 Å². The monoisotopic (exact) mass is 359 g/mol. The summed E-state index contributed by atoms with van der Waals surface area (Å²) in [6.45, 7) is 4.66. The smallest absolute Gasteiger partial charge is 0.147 e. The molecule has 0 saturated carbocycles. The third kappa shape index (κ3) is 3.38. The van der Waals surface area contributed by atoms with E-state index in [0.29, 0.717) is 0 Å². The van der Waals surface area contributed by atoms with Gasteiger partial charge in [-0.1, -0.05) is 0 Å². The first-order valence-corrected chi connectivity index (χ1v) is 7.08. The van der Waals surface area contributed by atoms with Crippen LogP contribution in [0, 0.1) is 0 Å². The molecule has 1 aromatic carbocycles. The molecule has 0 radical (unpaired) electrons. The van der Waals surface area contributed by atoms with Crippen LogP contribution in [0.2, 0.25) is 0 Å². The van der Waals surface area contributed by atoms with E-state index in [4.69, 9.17) is 0 Å². The predicted molar refractivity (Wildman–Crippen MR) is 79.4 cm³/mol. The number of hydrogen-bond acceptors (Lipinski definition) is 0. The van der Waals surface area contributed by atoms with Crippen molar-refractivity contribution in [2.75, 3.05) is 0 Å². The van der Waals surface area contributed by atoms with Gasteiger partial charge in [0.15, 0.2) is 0 Å². The van der Waals surface area contributed by atoms with Gasteiger partial charge in [-0.25, -0.2) is 0 Å². The zero-order chi connectivity index (χ0) is 11.6. The molecule has 97 valence electrons. The van der Waals surface area contributed by atoms with Crippen LogP contribution in [0.4, 0.5) is 0 Å². The molecule has 0 N–H and O–H groups in total. The summed E-state index contributed by atoms with van der Waals surface area (Å²) in [4.78, 5) is 0. The third-order valence-electron chi connectivity index (χ3n) is 3.64. The van der Waals surface area contributed by atoms with Gasteiger partial charge in [-0.3, -0.25) is 0 Å². The van der Waals surface area contributed by atoms with E-state index in [9.17, 15) is 0 Å². The first kappa shape index (κ1) is 18.2. The molecule has 1 aromatic rings. The van der Waals surface area contributed by atoms with Crippen molar-refractivity contribution in [1.29, 1.82) is 0 Å². The summed E-state index contributed by atoms with van der Waals surface area (Å²) in [7, 11) is 0. The maximum absolute atomic E-state index is 2.37. The Kier molecular flexibility index (Phi) is 7.75. The van der Waals surface area contributed by atoms with E-state index in [1.54, 1.807) is 33.6 Å². The quantitative estimate of drug-likeness (QED) is 0.714. The first-order valence-electron chi connectivity index (χ1n) is 5.86. The van der Waals surface area contributed by atoms with Crippen LogP contribution in [0.1, 0.15) is 32.3 Å². The van der Waals surface area contributed by atoms with E-state index in [0.717, 1.165) is 12.8 Å². The van der Waals surface area contributed by atoms with Gasteiger partial charge >= 0.3 is 114 Å². The van der Waals surface area contributed by atoms with E-state index in [2.05, 4.69) is 56.3 Å². The summed E-state index contributed by atoms with van der Waals surface area (Å²) in [5.41, 5.74) is 3.20. The van der Waals surface area contributed by atoms with Crippen LogP contribution in [0.25, 0.3) is 0 Å². The fraction of sp³-hybridized carbons (Fsp3) is 0.333. The Hall–Kier alpha value is 0.163. The Morgan fingerprint density at radius 3 is 2.22 bits per heavy atom. The largest absolute Gasteiger partial charge is 0.147 e. The minimum absolute atomic E-state index is 0. The van der Waals surface area contributed by atoms with Crippen LogP contribution in [0.5, 0.6) is 0 Å². The molecule has 0 saturated heterocycles. The van der Waals surface area contributed by atoms with E-state index >= 15 is 0 Å². The summed E-state index contributed by atoms with van der Waals surface area (Å²) in [5.74, 6) is 0. The maximum Gasteiger partial charge on any atom is -0.147 e. The average Bonchev–Trinajstić information content (AvgIpc) is 2.76. The van der Waals surface area contributed by atoms with Gasteiger partial charge in [-0.05, 0) is 0 Å². The molecule has 1 atom stereocenters. The molecule has 0 nitrogen and oxygen atoms in total. The van der Waals surface area contributed by atoms with Crippen molar-refractivity contribution in [2.45, 2.75) is 32.1 Å². The molecule has 1 aliphatic rings. The Morgan fingerprint density at radius 1 is 1.17 bits per heavy atom. The molecule has 1 unspecified atom stereocenters. The van der Waals surface area contributed by atoms with E-state index in [-0.39, 0.29) is 30.2 Å². The van der Waals surface area contributed by atoms with E-state index in [1.807, 2.05) is 0 Å². The fourth-order valence-corrected chi connectivity index (χ4v) is 3.55. The predicted octanol–water partition coefficient (Wildman–Crippen LogP) is 4.96. The molecule has 0 fully saturated rings. The zero-order valence-electron chi connectivity index (χ0n) is 10.8. The van der Waals surface area contributed by atoms with Crippen LogP contribution in [-0.4, -0.2) is 0 Å². The molecule has 0 amide bonds. The van der Waals surface area contributed by atoms with Gasteiger partial charge in [0.2, 0.25) is 0 Å². The van der Waals surface area contributed by atoms with Crippen LogP contribution in [-0.2, 0) is 30.1 Å². The number of rotatable bonds is 3. The summed E-state index contributed by atoms with van der Waals surface area (Å²) in [6, 6.07) is 10.9. The van der Waals surface area contributed by atoms with Crippen molar-refractivity contribution in [3.05, 3.63) is 56.9 Å². The number of hydrogen-bond donors (Lipinski definition) is 0. The topological polar surface area (TPSA) is 0 Å². The second-order valence-corrected chi connectivity index (χ2v) is 6.03. The number of benzene rings is 1. The van der Waals surface area contributed by atoms with Crippen molar-refractivity contribution >= 4 is 24.8 Å². The molecule has 0 aliphatic heterocycles. The molecule has 1 aliphatic carbocycles.